The highest BCUT2D eigenvalue weighted by molar-refractivity contribution is 5.08. The van der Waals surface area contributed by atoms with Crippen LogP contribution in [0.1, 0.15) is 47.5 Å². The largest absolute Gasteiger partial charge is 0.0622 e. The summed E-state index contributed by atoms with van der Waals surface area (Å²) in [6, 6.07) is 0. The van der Waals surface area contributed by atoms with Gasteiger partial charge in [-0.1, -0.05) is 34.6 Å². The molecule has 0 amide bonds. The van der Waals surface area contributed by atoms with Crippen molar-refractivity contribution in [2.75, 3.05) is 0 Å². The average Bonchev–Trinajstić information content (AvgIpc) is 2.35. The van der Waals surface area contributed by atoms with Crippen LogP contribution in [0.15, 0.2) is 0 Å². The maximum absolute atomic E-state index is 2.48. The molecule has 2 rings (SSSR count). The maximum atomic E-state index is 2.48. The highest BCUT2D eigenvalue weighted by Crippen LogP contribution is 2.67. The fraction of sp³-hybridized carbons (Fsp3) is 1.00. The fourth-order valence-electron chi connectivity index (χ4n) is 3.85. The first-order valence-corrected chi connectivity index (χ1v) is 5.37. The summed E-state index contributed by atoms with van der Waals surface area (Å²) in [6.45, 7) is 12.4. The van der Waals surface area contributed by atoms with E-state index in [-0.39, 0.29) is 0 Å². The standard InChI is InChI=1S/C12H22/c1-8-6-9-7-10(8)12(4,5)11(9,2)3/h8-10H,6-7H2,1-5H3. The lowest BCUT2D eigenvalue weighted by Gasteiger charge is -2.47. The molecule has 0 heteroatoms. The second kappa shape index (κ2) is 2.08. The Morgan fingerprint density at radius 2 is 1.50 bits per heavy atom. The number of fused-ring (bicyclic) bond motifs is 2. The molecule has 3 atom stereocenters. The van der Waals surface area contributed by atoms with Crippen LogP contribution in [0.3, 0.4) is 0 Å². The number of hydrogen-bond donors (Lipinski definition) is 0. The van der Waals surface area contributed by atoms with Crippen molar-refractivity contribution in [3.8, 4) is 0 Å². The quantitative estimate of drug-likeness (QED) is 0.514. The Bertz CT molecular complexity index is 200. The SMILES string of the molecule is CC1CC2CC1C(C)(C)C2(C)C. The van der Waals surface area contributed by atoms with E-state index in [0.717, 1.165) is 17.8 Å². The summed E-state index contributed by atoms with van der Waals surface area (Å²) in [5.74, 6) is 2.99. The molecule has 0 saturated heterocycles. The molecule has 3 unspecified atom stereocenters. The average molecular weight is 166 g/mol. The van der Waals surface area contributed by atoms with E-state index in [4.69, 9.17) is 0 Å². The van der Waals surface area contributed by atoms with Gasteiger partial charge in [-0.2, -0.15) is 0 Å². The van der Waals surface area contributed by atoms with Gasteiger partial charge in [0, 0.05) is 0 Å². The summed E-state index contributed by atoms with van der Waals surface area (Å²) in [7, 11) is 0. The van der Waals surface area contributed by atoms with Gasteiger partial charge < -0.3 is 0 Å². The molecule has 2 bridgehead atoms. The molecule has 0 aliphatic heterocycles. The van der Waals surface area contributed by atoms with Crippen molar-refractivity contribution in [1.82, 2.24) is 0 Å². The lowest BCUT2D eigenvalue weighted by molar-refractivity contribution is 0.0119. The van der Waals surface area contributed by atoms with Crippen molar-refractivity contribution in [3.05, 3.63) is 0 Å². The third-order valence-corrected chi connectivity index (χ3v) is 5.49. The van der Waals surface area contributed by atoms with Gasteiger partial charge in [-0.05, 0) is 41.4 Å². The van der Waals surface area contributed by atoms with Gasteiger partial charge in [-0.25, -0.2) is 0 Å². The molecule has 0 aromatic heterocycles. The van der Waals surface area contributed by atoms with Crippen LogP contribution in [0.5, 0.6) is 0 Å². The normalized spacial score (nSPS) is 48.2. The second-order valence-corrected chi connectivity index (χ2v) is 6.20. The summed E-state index contributed by atoms with van der Waals surface area (Å²) < 4.78 is 0. The van der Waals surface area contributed by atoms with Crippen molar-refractivity contribution in [2.24, 2.45) is 28.6 Å². The molecular formula is C12H22. The van der Waals surface area contributed by atoms with Crippen molar-refractivity contribution >= 4 is 0 Å². The summed E-state index contributed by atoms with van der Waals surface area (Å²) in [5.41, 5.74) is 1.17. The van der Waals surface area contributed by atoms with Crippen molar-refractivity contribution in [3.63, 3.8) is 0 Å². The van der Waals surface area contributed by atoms with E-state index in [1.807, 2.05) is 0 Å². The first kappa shape index (κ1) is 8.59. The Balaban J connectivity index is 2.36. The van der Waals surface area contributed by atoms with E-state index >= 15 is 0 Å². The van der Waals surface area contributed by atoms with E-state index in [1.165, 1.54) is 12.8 Å². The van der Waals surface area contributed by atoms with Gasteiger partial charge in [0.25, 0.3) is 0 Å². The summed E-state index contributed by atoms with van der Waals surface area (Å²) in [4.78, 5) is 0. The van der Waals surface area contributed by atoms with Gasteiger partial charge >= 0.3 is 0 Å². The van der Waals surface area contributed by atoms with Gasteiger partial charge in [0.1, 0.15) is 0 Å². The van der Waals surface area contributed by atoms with E-state index in [0.29, 0.717) is 10.8 Å². The molecule has 0 nitrogen and oxygen atoms in total. The third-order valence-electron chi connectivity index (χ3n) is 5.49. The molecule has 0 N–H and O–H groups in total. The summed E-state index contributed by atoms with van der Waals surface area (Å²) in [6.07, 6.45) is 2.99. The molecule has 0 aromatic rings. The molecule has 70 valence electrons. The zero-order valence-corrected chi connectivity index (χ0v) is 9.15. The Hall–Kier alpha value is 0. The maximum Gasteiger partial charge on any atom is -0.0269 e. The molecule has 2 aliphatic carbocycles. The molecule has 2 aliphatic rings. The minimum absolute atomic E-state index is 0.579. The third kappa shape index (κ3) is 0.744. The van der Waals surface area contributed by atoms with Crippen LogP contribution in [-0.4, -0.2) is 0 Å². The monoisotopic (exact) mass is 166 g/mol. The zero-order valence-electron chi connectivity index (χ0n) is 9.15. The highest BCUT2D eigenvalue weighted by atomic mass is 14.6. The van der Waals surface area contributed by atoms with Crippen LogP contribution in [0.2, 0.25) is 0 Å². The lowest BCUT2D eigenvalue weighted by Crippen LogP contribution is -2.40. The van der Waals surface area contributed by atoms with E-state index in [9.17, 15) is 0 Å². The van der Waals surface area contributed by atoms with Gasteiger partial charge in [0.15, 0.2) is 0 Å². The van der Waals surface area contributed by atoms with E-state index < -0.39 is 0 Å². The van der Waals surface area contributed by atoms with Gasteiger partial charge in [-0.15, -0.1) is 0 Å². The first-order chi connectivity index (χ1) is 5.37. The topological polar surface area (TPSA) is 0 Å². The van der Waals surface area contributed by atoms with Crippen molar-refractivity contribution < 1.29 is 0 Å². The summed E-state index contributed by atoms with van der Waals surface area (Å²) in [5, 5.41) is 0. The van der Waals surface area contributed by atoms with Crippen LogP contribution < -0.4 is 0 Å². The molecule has 2 fully saturated rings. The van der Waals surface area contributed by atoms with E-state index in [1.54, 1.807) is 0 Å². The highest BCUT2D eigenvalue weighted by Gasteiger charge is 2.59. The lowest BCUT2D eigenvalue weighted by atomic mass is 9.57. The molecule has 0 aromatic carbocycles. The number of hydrogen-bond acceptors (Lipinski definition) is 0. The van der Waals surface area contributed by atoms with Gasteiger partial charge in [0.05, 0.1) is 0 Å². The Morgan fingerprint density at radius 1 is 0.917 bits per heavy atom. The fourth-order valence-corrected chi connectivity index (χ4v) is 3.85. The molecular weight excluding hydrogens is 144 g/mol. The minimum Gasteiger partial charge on any atom is -0.0622 e. The Morgan fingerprint density at radius 3 is 1.83 bits per heavy atom. The first-order valence-electron chi connectivity index (χ1n) is 5.37. The van der Waals surface area contributed by atoms with Crippen molar-refractivity contribution in [1.29, 1.82) is 0 Å². The van der Waals surface area contributed by atoms with Crippen LogP contribution in [0.25, 0.3) is 0 Å². The van der Waals surface area contributed by atoms with Gasteiger partial charge in [0.2, 0.25) is 0 Å². The van der Waals surface area contributed by atoms with Crippen molar-refractivity contribution in [2.45, 2.75) is 47.5 Å². The second-order valence-electron chi connectivity index (χ2n) is 6.20. The molecule has 2 saturated carbocycles. The Kier molecular flexibility index (Phi) is 1.49. The van der Waals surface area contributed by atoms with Crippen LogP contribution in [0.4, 0.5) is 0 Å². The van der Waals surface area contributed by atoms with Crippen LogP contribution in [-0.2, 0) is 0 Å². The number of rotatable bonds is 0. The van der Waals surface area contributed by atoms with Crippen LogP contribution in [0, 0.1) is 28.6 Å². The minimum atomic E-state index is 0.579. The molecule has 0 heterocycles. The van der Waals surface area contributed by atoms with Crippen LogP contribution >= 0.6 is 0 Å². The zero-order chi connectivity index (χ0) is 9.15. The molecule has 12 heavy (non-hydrogen) atoms. The van der Waals surface area contributed by atoms with Gasteiger partial charge in [-0.3, -0.25) is 0 Å². The van der Waals surface area contributed by atoms with E-state index in [2.05, 4.69) is 34.6 Å². The summed E-state index contributed by atoms with van der Waals surface area (Å²) >= 11 is 0. The predicted molar refractivity (Wildman–Crippen MR) is 52.9 cm³/mol. The molecule has 0 radical (unpaired) electrons. The Labute approximate surface area is 76.7 Å². The smallest absolute Gasteiger partial charge is 0.0269 e. The molecule has 0 spiro atoms. The predicted octanol–water partition coefficient (Wildman–Crippen LogP) is 3.71.